The molecule has 3 rings (SSSR count). The standard InChI is InChI=1S/C8H13N/c1-4-3-5-8(2)6(4)7(8)9-5/h4-7,9H,3H2,1-2H3. The van der Waals surface area contributed by atoms with Gasteiger partial charge in [-0.25, -0.2) is 0 Å². The molecule has 50 valence electrons. The van der Waals surface area contributed by atoms with E-state index in [1.54, 1.807) is 0 Å². The molecule has 1 heterocycles. The smallest absolute Gasteiger partial charge is 0.0179 e. The van der Waals surface area contributed by atoms with Crippen LogP contribution in [0.3, 0.4) is 0 Å². The second kappa shape index (κ2) is 0.968. The molecule has 0 aromatic carbocycles. The molecular weight excluding hydrogens is 110 g/mol. The van der Waals surface area contributed by atoms with E-state index in [2.05, 4.69) is 19.2 Å². The monoisotopic (exact) mass is 123 g/mol. The molecule has 3 aliphatic rings. The van der Waals surface area contributed by atoms with Gasteiger partial charge in [-0.05, 0) is 18.3 Å². The molecule has 3 fully saturated rings. The first-order valence-corrected chi connectivity index (χ1v) is 4.00. The molecule has 0 aromatic heterocycles. The molecule has 2 saturated carbocycles. The first-order chi connectivity index (χ1) is 4.24. The minimum absolute atomic E-state index is 0.777. The quantitative estimate of drug-likeness (QED) is 0.506. The summed E-state index contributed by atoms with van der Waals surface area (Å²) in [7, 11) is 0. The molecule has 0 radical (unpaired) electrons. The van der Waals surface area contributed by atoms with E-state index >= 15 is 0 Å². The molecule has 1 N–H and O–H groups in total. The van der Waals surface area contributed by atoms with Crippen LogP contribution in [-0.2, 0) is 0 Å². The largest absolute Gasteiger partial charge is 0.310 e. The Kier molecular flexibility index (Phi) is 0.508. The van der Waals surface area contributed by atoms with Crippen molar-refractivity contribution in [3.05, 3.63) is 0 Å². The highest BCUT2D eigenvalue weighted by atomic mass is 15.2. The van der Waals surface area contributed by atoms with Gasteiger partial charge in [0.1, 0.15) is 0 Å². The Balaban J connectivity index is 2.03. The third-order valence-electron chi connectivity index (χ3n) is 3.99. The number of nitrogens with one attached hydrogen (secondary N) is 1. The molecule has 5 atom stereocenters. The van der Waals surface area contributed by atoms with Gasteiger partial charge in [0.15, 0.2) is 0 Å². The molecular formula is C8H13N. The third kappa shape index (κ3) is 0.277. The predicted molar refractivity (Wildman–Crippen MR) is 36.1 cm³/mol. The van der Waals surface area contributed by atoms with Gasteiger partial charge in [0.05, 0.1) is 0 Å². The van der Waals surface area contributed by atoms with E-state index in [1.807, 2.05) is 0 Å². The van der Waals surface area contributed by atoms with Gasteiger partial charge in [0.2, 0.25) is 0 Å². The third-order valence-corrected chi connectivity index (χ3v) is 3.99. The maximum absolute atomic E-state index is 3.59. The van der Waals surface area contributed by atoms with Crippen LogP contribution in [0.25, 0.3) is 0 Å². The topological polar surface area (TPSA) is 12.0 Å². The van der Waals surface area contributed by atoms with Crippen LogP contribution in [0.4, 0.5) is 0 Å². The summed E-state index contributed by atoms with van der Waals surface area (Å²) >= 11 is 0. The summed E-state index contributed by atoms with van der Waals surface area (Å²) in [5.74, 6) is 2.08. The van der Waals surface area contributed by atoms with Crippen LogP contribution in [0.5, 0.6) is 0 Å². The van der Waals surface area contributed by atoms with E-state index in [1.165, 1.54) is 6.42 Å². The summed E-state index contributed by atoms with van der Waals surface area (Å²) in [4.78, 5) is 0. The molecule has 1 saturated heterocycles. The molecule has 2 aliphatic carbocycles. The summed E-state index contributed by atoms with van der Waals surface area (Å²) < 4.78 is 0. The van der Waals surface area contributed by atoms with E-state index in [0.29, 0.717) is 0 Å². The lowest BCUT2D eigenvalue weighted by molar-refractivity contribution is 0.230. The van der Waals surface area contributed by atoms with E-state index in [-0.39, 0.29) is 0 Å². The minimum Gasteiger partial charge on any atom is -0.310 e. The number of fused-ring (bicyclic) bond motifs is 1. The second-order valence-corrected chi connectivity index (χ2v) is 4.30. The van der Waals surface area contributed by atoms with Crippen LogP contribution in [-0.4, -0.2) is 12.1 Å². The predicted octanol–water partition coefficient (Wildman–Crippen LogP) is 1.00. The SMILES string of the molecule is CC1CC2NC3C1C23C. The van der Waals surface area contributed by atoms with Crippen molar-refractivity contribution in [2.24, 2.45) is 17.3 Å². The Bertz CT molecular complexity index is 175. The maximum atomic E-state index is 3.59. The van der Waals surface area contributed by atoms with Crippen LogP contribution in [0.1, 0.15) is 20.3 Å². The minimum atomic E-state index is 0.777. The van der Waals surface area contributed by atoms with Gasteiger partial charge in [-0.15, -0.1) is 0 Å². The van der Waals surface area contributed by atoms with Gasteiger partial charge in [-0.3, -0.25) is 0 Å². The number of piperidine rings is 1. The van der Waals surface area contributed by atoms with E-state index < -0.39 is 0 Å². The Labute approximate surface area is 55.8 Å². The highest BCUT2D eigenvalue weighted by molar-refractivity contribution is 5.32. The van der Waals surface area contributed by atoms with Crippen LogP contribution in [0, 0.1) is 17.3 Å². The van der Waals surface area contributed by atoms with Crippen molar-refractivity contribution in [2.45, 2.75) is 32.4 Å². The summed E-state index contributed by atoms with van der Waals surface area (Å²) in [6.07, 6.45) is 1.44. The van der Waals surface area contributed by atoms with Crippen molar-refractivity contribution in [3.8, 4) is 0 Å². The van der Waals surface area contributed by atoms with Gasteiger partial charge in [0, 0.05) is 17.5 Å². The zero-order valence-corrected chi connectivity index (χ0v) is 6.02. The molecule has 1 heteroatoms. The van der Waals surface area contributed by atoms with Gasteiger partial charge in [0.25, 0.3) is 0 Å². The Morgan fingerprint density at radius 1 is 1.56 bits per heavy atom. The number of hydrogen-bond donors (Lipinski definition) is 1. The lowest BCUT2D eigenvalue weighted by Crippen LogP contribution is -2.51. The normalized spacial score (nSPS) is 75.3. The fourth-order valence-corrected chi connectivity index (χ4v) is 3.38. The fourth-order valence-electron chi connectivity index (χ4n) is 3.38. The fraction of sp³-hybridized carbons (Fsp3) is 1.00. The Morgan fingerprint density at radius 2 is 2.33 bits per heavy atom. The summed E-state index contributed by atoms with van der Waals surface area (Å²) in [6.45, 7) is 4.86. The maximum Gasteiger partial charge on any atom is 0.0179 e. The van der Waals surface area contributed by atoms with Crippen molar-refractivity contribution in [3.63, 3.8) is 0 Å². The summed E-state index contributed by atoms with van der Waals surface area (Å²) in [5, 5.41) is 3.59. The van der Waals surface area contributed by atoms with Crippen LogP contribution in [0.2, 0.25) is 0 Å². The molecule has 0 amide bonds. The average Bonchev–Trinajstić information content (AvgIpc) is 2.23. The van der Waals surface area contributed by atoms with Crippen molar-refractivity contribution in [1.82, 2.24) is 5.32 Å². The van der Waals surface area contributed by atoms with Crippen molar-refractivity contribution < 1.29 is 0 Å². The van der Waals surface area contributed by atoms with E-state index in [9.17, 15) is 0 Å². The first-order valence-electron chi connectivity index (χ1n) is 4.00. The van der Waals surface area contributed by atoms with Crippen LogP contribution in [0.15, 0.2) is 0 Å². The number of hydrogen-bond acceptors (Lipinski definition) is 1. The number of rotatable bonds is 0. The van der Waals surface area contributed by atoms with Gasteiger partial charge in [-0.2, -0.15) is 0 Å². The molecule has 1 nitrogen and oxygen atoms in total. The molecule has 9 heavy (non-hydrogen) atoms. The molecule has 0 bridgehead atoms. The van der Waals surface area contributed by atoms with Gasteiger partial charge in [-0.1, -0.05) is 13.8 Å². The average molecular weight is 123 g/mol. The highest BCUT2D eigenvalue weighted by Crippen LogP contribution is 2.71. The van der Waals surface area contributed by atoms with Crippen LogP contribution >= 0.6 is 0 Å². The van der Waals surface area contributed by atoms with Crippen molar-refractivity contribution in [1.29, 1.82) is 0 Å². The molecule has 5 unspecified atom stereocenters. The van der Waals surface area contributed by atoms with Crippen LogP contribution < -0.4 is 5.32 Å². The molecule has 0 aromatic rings. The van der Waals surface area contributed by atoms with E-state index in [4.69, 9.17) is 0 Å². The first kappa shape index (κ1) is 4.73. The summed E-state index contributed by atoms with van der Waals surface area (Å²) in [6, 6.07) is 1.84. The highest BCUT2D eigenvalue weighted by Gasteiger charge is 2.78. The zero-order valence-electron chi connectivity index (χ0n) is 6.02. The molecule has 0 spiro atoms. The Hall–Kier alpha value is -0.0400. The van der Waals surface area contributed by atoms with Crippen molar-refractivity contribution >= 4 is 0 Å². The van der Waals surface area contributed by atoms with Gasteiger partial charge < -0.3 is 5.32 Å². The summed E-state index contributed by atoms with van der Waals surface area (Å²) in [5.41, 5.74) is 0.777. The van der Waals surface area contributed by atoms with Crippen molar-refractivity contribution in [2.75, 3.05) is 0 Å². The molecule has 1 aliphatic heterocycles. The zero-order chi connectivity index (χ0) is 6.22. The van der Waals surface area contributed by atoms with E-state index in [0.717, 1.165) is 29.3 Å². The Morgan fingerprint density at radius 3 is 2.56 bits per heavy atom. The lowest BCUT2D eigenvalue weighted by Gasteiger charge is -2.34. The van der Waals surface area contributed by atoms with Gasteiger partial charge >= 0.3 is 0 Å². The lowest BCUT2D eigenvalue weighted by atomic mass is 9.90. The second-order valence-electron chi connectivity index (χ2n) is 4.30.